The van der Waals surface area contributed by atoms with Crippen molar-refractivity contribution in [1.29, 1.82) is 0 Å². The molecule has 0 saturated carbocycles. The van der Waals surface area contributed by atoms with Gasteiger partial charge in [-0.05, 0) is 90.0 Å². The lowest BCUT2D eigenvalue weighted by atomic mass is 9.92. The molecule has 0 saturated heterocycles. The fourth-order valence-corrected chi connectivity index (χ4v) is 4.59. The number of rotatable bonds is 10. The Morgan fingerprint density at radius 2 is 1.29 bits per heavy atom. The Balaban J connectivity index is 1.32. The SMILES string of the molecule is CC=CCCc1ccc(CCc2ccc(-c3ccc(C[C@H](C)c4ccccc4)cc3)cc2)cc1F. The summed E-state index contributed by atoms with van der Waals surface area (Å²) in [6, 6.07) is 34.2. The largest absolute Gasteiger partial charge is 0.207 e. The van der Waals surface area contributed by atoms with Gasteiger partial charge in [0.25, 0.3) is 0 Å². The highest BCUT2D eigenvalue weighted by Crippen LogP contribution is 2.24. The minimum Gasteiger partial charge on any atom is -0.207 e. The Bertz CT molecular complexity index is 1220. The van der Waals surface area contributed by atoms with E-state index in [2.05, 4.69) is 97.9 Å². The molecule has 0 aliphatic rings. The standard InChI is InChI=1S/C34H35F/c1-3-4-6-11-33-23-18-29(25-34(33)35)13-12-27-14-19-31(20-15-27)32-21-16-28(17-22-32)24-26(2)30-9-7-5-8-10-30/h3-5,7-10,14-23,25-26H,6,11-13,24H2,1-2H3/t26-/m0/s1. The number of benzene rings is 4. The van der Waals surface area contributed by atoms with Gasteiger partial charge in [-0.2, -0.15) is 0 Å². The first-order valence-electron chi connectivity index (χ1n) is 12.7. The van der Waals surface area contributed by atoms with Gasteiger partial charge in [-0.3, -0.25) is 0 Å². The van der Waals surface area contributed by atoms with Gasteiger partial charge >= 0.3 is 0 Å². The maximum absolute atomic E-state index is 14.4. The van der Waals surface area contributed by atoms with Crippen molar-refractivity contribution in [3.63, 3.8) is 0 Å². The summed E-state index contributed by atoms with van der Waals surface area (Å²) < 4.78 is 14.4. The normalized spacial score (nSPS) is 12.2. The minimum absolute atomic E-state index is 0.0797. The third kappa shape index (κ3) is 7.02. The van der Waals surface area contributed by atoms with Gasteiger partial charge in [0.1, 0.15) is 5.82 Å². The van der Waals surface area contributed by atoms with E-state index in [0.29, 0.717) is 5.92 Å². The number of aryl methyl sites for hydroxylation is 3. The molecule has 0 nitrogen and oxygen atoms in total. The molecule has 0 heterocycles. The molecule has 4 rings (SSSR count). The van der Waals surface area contributed by atoms with Gasteiger partial charge in [0.15, 0.2) is 0 Å². The predicted molar refractivity (Wildman–Crippen MR) is 147 cm³/mol. The Morgan fingerprint density at radius 3 is 1.91 bits per heavy atom. The third-order valence-electron chi connectivity index (χ3n) is 6.79. The van der Waals surface area contributed by atoms with Crippen LogP contribution in [0.1, 0.15) is 54.0 Å². The molecule has 4 aromatic rings. The van der Waals surface area contributed by atoms with Crippen LogP contribution in [0.5, 0.6) is 0 Å². The Morgan fingerprint density at radius 1 is 0.686 bits per heavy atom. The van der Waals surface area contributed by atoms with E-state index in [-0.39, 0.29) is 5.82 Å². The molecular weight excluding hydrogens is 427 g/mol. The van der Waals surface area contributed by atoms with Gasteiger partial charge in [0.2, 0.25) is 0 Å². The van der Waals surface area contributed by atoms with Gasteiger partial charge < -0.3 is 0 Å². The zero-order chi connectivity index (χ0) is 24.5. The molecule has 1 atom stereocenters. The van der Waals surface area contributed by atoms with Crippen molar-refractivity contribution in [3.05, 3.63) is 143 Å². The smallest absolute Gasteiger partial charge is 0.126 e. The molecule has 0 fully saturated rings. The molecule has 0 spiro atoms. The van der Waals surface area contributed by atoms with E-state index in [9.17, 15) is 4.39 Å². The topological polar surface area (TPSA) is 0 Å². The summed E-state index contributed by atoms with van der Waals surface area (Å²) in [6.45, 7) is 4.28. The summed E-state index contributed by atoms with van der Waals surface area (Å²) in [6.07, 6.45) is 8.53. The van der Waals surface area contributed by atoms with E-state index < -0.39 is 0 Å². The Hall–Kier alpha value is -3.45. The van der Waals surface area contributed by atoms with E-state index in [0.717, 1.165) is 43.2 Å². The number of hydrogen-bond acceptors (Lipinski definition) is 0. The lowest BCUT2D eigenvalue weighted by Crippen LogP contribution is -1.98. The molecule has 0 bridgehead atoms. The van der Waals surface area contributed by atoms with Gasteiger partial charge in [-0.25, -0.2) is 4.39 Å². The van der Waals surface area contributed by atoms with Gasteiger partial charge in [0, 0.05) is 0 Å². The summed E-state index contributed by atoms with van der Waals surface area (Å²) in [7, 11) is 0. The molecular formula is C34H35F. The molecule has 0 aromatic heterocycles. The highest BCUT2D eigenvalue weighted by molar-refractivity contribution is 5.64. The van der Waals surface area contributed by atoms with Crippen molar-refractivity contribution in [2.45, 2.75) is 51.9 Å². The number of hydrogen-bond donors (Lipinski definition) is 0. The van der Waals surface area contributed by atoms with Crippen LogP contribution in [-0.2, 0) is 25.7 Å². The summed E-state index contributed by atoms with van der Waals surface area (Å²) in [5.74, 6) is 0.424. The second kappa shape index (κ2) is 12.3. The van der Waals surface area contributed by atoms with Crippen LogP contribution >= 0.6 is 0 Å². The van der Waals surface area contributed by atoms with Crippen LogP contribution in [0.15, 0.2) is 109 Å². The third-order valence-corrected chi connectivity index (χ3v) is 6.79. The van der Waals surface area contributed by atoms with Crippen LogP contribution in [0.25, 0.3) is 11.1 Å². The van der Waals surface area contributed by atoms with E-state index in [1.165, 1.54) is 27.8 Å². The van der Waals surface area contributed by atoms with Crippen molar-refractivity contribution in [2.75, 3.05) is 0 Å². The maximum Gasteiger partial charge on any atom is 0.126 e. The molecule has 0 aliphatic heterocycles. The van der Waals surface area contributed by atoms with Gasteiger partial charge in [-0.15, -0.1) is 0 Å². The maximum atomic E-state index is 14.4. The molecule has 0 amide bonds. The molecule has 0 radical (unpaired) electrons. The zero-order valence-electron chi connectivity index (χ0n) is 20.9. The average Bonchev–Trinajstić information content (AvgIpc) is 2.90. The second-order valence-electron chi connectivity index (χ2n) is 9.44. The lowest BCUT2D eigenvalue weighted by Gasteiger charge is -2.12. The highest BCUT2D eigenvalue weighted by Gasteiger charge is 2.07. The fraction of sp³-hybridized carbons (Fsp3) is 0.235. The lowest BCUT2D eigenvalue weighted by molar-refractivity contribution is 0.607. The van der Waals surface area contributed by atoms with Crippen LogP contribution in [0.2, 0.25) is 0 Å². The van der Waals surface area contributed by atoms with E-state index in [1.807, 2.05) is 19.1 Å². The van der Waals surface area contributed by atoms with Crippen LogP contribution in [0.4, 0.5) is 4.39 Å². The molecule has 35 heavy (non-hydrogen) atoms. The average molecular weight is 463 g/mol. The van der Waals surface area contributed by atoms with Crippen LogP contribution in [-0.4, -0.2) is 0 Å². The predicted octanol–water partition coefficient (Wildman–Crippen LogP) is 9.13. The zero-order valence-corrected chi connectivity index (χ0v) is 20.9. The van der Waals surface area contributed by atoms with Gasteiger partial charge in [0.05, 0.1) is 0 Å². The van der Waals surface area contributed by atoms with Crippen LogP contribution in [0.3, 0.4) is 0 Å². The van der Waals surface area contributed by atoms with E-state index >= 15 is 0 Å². The Labute approximate surface area is 210 Å². The van der Waals surface area contributed by atoms with E-state index in [1.54, 1.807) is 6.07 Å². The molecule has 178 valence electrons. The molecule has 4 aromatic carbocycles. The first kappa shape index (κ1) is 24.7. The fourth-order valence-electron chi connectivity index (χ4n) is 4.59. The second-order valence-corrected chi connectivity index (χ2v) is 9.44. The molecule has 0 aliphatic carbocycles. The first-order chi connectivity index (χ1) is 17.1. The summed E-state index contributed by atoms with van der Waals surface area (Å²) in [4.78, 5) is 0. The monoisotopic (exact) mass is 462 g/mol. The number of allylic oxidation sites excluding steroid dienone is 2. The summed E-state index contributed by atoms with van der Waals surface area (Å²) in [5.41, 5.74) is 8.35. The van der Waals surface area contributed by atoms with Crippen molar-refractivity contribution in [3.8, 4) is 11.1 Å². The number of halogens is 1. The first-order valence-corrected chi connectivity index (χ1v) is 12.7. The van der Waals surface area contributed by atoms with Crippen molar-refractivity contribution in [2.24, 2.45) is 0 Å². The van der Waals surface area contributed by atoms with Crippen LogP contribution in [0, 0.1) is 5.82 Å². The molecule has 0 N–H and O–H groups in total. The summed E-state index contributed by atoms with van der Waals surface area (Å²) >= 11 is 0. The van der Waals surface area contributed by atoms with Crippen molar-refractivity contribution < 1.29 is 4.39 Å². The van der Waals surface area contributed by atoms with Gasteiger partial charge in [-0.1, -0.05) is 110 Å². The summed E-state index contributed by atoms with van der Waals surface area (Å²) in [5, 5.41) is 0. The molecule has 1 heteroatoms. The van der Waals surface area contributed by atoms with Crippen LogP contribution < -0.4 is 0 Å². The Kier molecular flexibility index (Phi) is 8.68. The quantitative estimate of drug-likeness (QED) is 0.206. The minimum atomic E-state index is -0.0797. The van der Waals surface area contributed by atoms with Crippen molar-refractivity contribution in [1.82, 2.24) is 0 Å². The highest BCUT2D eigenvalue weighted by atomic mass is 19.1. The van der Waals surface area contributed by atoms with E-state index in [4.69, 9.17) is 0 Å². The van der Waals surface area contributed by atoms with Crippen molar-refractivity contribution >= 4 is 0 Å². The molecule has 0 unspecified atom stereocenters.